The van der Waals surface area contributed by atoms with E-state index in [1.807, 2.05) is 6.92 Å². The number of hydrogen-bond donors (Lipinski definition) is 2. The van der Waals surface area contributed by atoms with E-state index in [1.165, 1.54) is 32.1 Å². The predicted octanol–water partition coefficient (Wildman–Crippen LogP) is 2.76. The van der Waals surface area contributed by atoms with Crippen LogP contribution in [0, 0.1) is 11.8 Å². The molecule has 0 aromatic heterocycles. The molecule has 2 atom stereocenters. The maximum absolute atomic E-state index is 12.2. The van der Waals surface area contributed by atoms with Crippen molar-refractivity contribution < 1.29 is 9.90 Å². The van der Waals surface area contributed by atoms with E-state index >= 15 is 0 Å². The summed E-state index contributed by atoms with van der Waals surface area (Å²) >= 11 is 0. The lowest BCUT2D eigenvalue weighted by molar-refractivity contribution is 0.0478. The first-order chi connectivity index (χ1) is 9.40. The minimum absolute atomic E-state index is 0.0158. The van der Waals surface area contributed by atoms with Crippen LogP contribution in [0.2, 0.25) is 0 Å². The Balaban J connectivity index is 1.77. The SMILES string of the molecule is CCN(CC(C)(C)O)C(=O)NC1CC1C1CCCCC1. The van der Waals surface area contributed by atoms with Gasteiger partial charge in [0.25, 0.3) is 0 Å². The van der Waals surface area contributed by atoms with Gasteiger partial charge in [-0.15, -0.1) is 0 Å². The number of hydrogen-bond acceptors (Lipinski definition) is 2. The van der Waals surface area contributed by atoms with E-state index in [0.717, 1.165) is 12.3 Å². The van der Waals surface area contributed by atoms with Crippen LogP contribution in [0.1, 0.15) is 59.3 Å². The fraction of sp³-hybridized carbons (Fsp3) is 0.938. The molecular weight excluding hydrogens is 252 g/mol. The van der Waals surface area contributed by atoms with E-state index in [9.17, 15) is 9.90 Å². The van der Waals surface area contributed by atoms with Crippen LogP contribution >= 0.6 is 0 Å². The summed E-state index contributed by atoms with van der Waals surface area (Å²) < 4.78 is 0. The van der Waals surface area contributed by atoms with Gasteiger partial charge >= 0.3 is 6.03 Å². The number of nitrogens with one attached hydrogen (secondary N) is 1. The van der Waals surface area contributed by atoms with E-state index in [4.69, 9.17) is 0 Å². The van der Waals surface area contributed by atoms with Crippen molar-refractivity contribution in [3.8, 4) is 0 Å². The van der Waals surface area contributed by atoms with Crippen LogP contribution < -0.4 is 5.32 Å². The molecule has 2 unspecified atom stereocenters. The Bertz CT molecular complexity index is 332. The minimum atomic E-state index is -0.834. The standard InChI is InChI=1S/C16H30N2O2/c1-4-18(11-16(2,3)20)15(19)17-14-10-13(14)12-8-6-5-7-9-12/h12-14,20H,4-11H2,1-3H3,(H,17,19). The zero-order valence-corrected chi connectivity index (χ0v) is 13.2. The van der Waals surface area contributed by atoms with Crippen molar-refractivity contribution in [2.24, 2.45) is 11.8 Å². The Morgan fingerprint density at radius 3 is 2.50 bits per heavy atom. The third-order valence-corrected chi connectivity index (χ3v) is 4.65. The number of carbonyl (C=O) groups excluding carboxylic acids is 1. The maximum Gasteiger partial charge on any atom is 0.317 e. The molecule has 0 aliphatic heterocycles. The van der Waals surface area contributed by atoms with Crippen molar-refractivity contribution in [2.75, 3.05) is 13.1 Å². The van der Waals surface area contributed by atoms with Gasteiger partial charge in [0.1, 0.15) is 0 Å². The smallest absolute Gasteiger partial charge is 0.317 e. The van der Waals surface area contributed by atoms with Gasteiger partial charge in [-0.1, -0.05) is 32.1 Å². The Morgan fingerprint density at radius 1 is 1.30 bits per heavy atom. The van der Waals surface area contributed by atoms with Gasteiger partial charge in [-0.25, -0.2) is 4.79 Å². The number of likely N-dealkylation sites (N-methyl/N-ethyl adjacent to an activating group) is 1. The van der Waals surface area contributed by atoms with Crippen LogP contribution in [0.3, 0.4) is 0 Å². The molecular formula is C16H30N2O2. The van der Waals surface area contributed by atoms with Crippen molar-refractivity contribution in [3.63, 3.8) is 0 Å². The van der Waals surface area contributed by atoms with Crippen LogP contribution in [0.15, 0.2) is 0 Å². The van der Waals surface area contributed by atoms with E-state index in [-0.39, 0.29) is 6.03 Å². The van der Waals surface area contributed by atoms with Gasteiger partial charge in [-0.3, -0.25) is 0 Å². The molecule has 4 heteroatoms. The Labute approximate surface area is 122 Å². The van der Waals surface area contributed by atoms with E-state index < -0.39 is 5.60 Å². The van der Waals surface area contributed by atoms with E-state index in [0.29, 0.717) is 25.0 Å². The molecule has 4 nitrogen and oxygen atoms in total. The summed E-state index contributed by atoms with van der Waals surface area (Å²) in [5.74, 6) is 1.54. The lowest BCUT2D eigenvalue weighted by atomic mass is 9.85. The molecule has 0 spiro atoms. The molecule has 2 rings (SSSR count). The normalized spacial score (nSPS) is 27.2. The van der Waals surface area contributed by atoms with Crippen LogP contribution in [0.4, 0.5) is 4.79 Å². The largest absolute Gasteiger partial charge is 0.389 e. The van der Waals surface area contributed by atoms with Gasteiger partial charge in [-0.05, 0) is 39.0 Å². The molecule has 20 heavy (non-hydrogen) atoms. The Kier molecular flexibility index (Phi) is 4.95. The third kappa shape index (κ3) is 4.37. The Hall–Kier alpha value is -0.770. The fourth-order valence-electron chi connectivity index (χ4n) is 3.51. The van der Waals surface area contributed by atoms with E-state index in [1.54, 1.807) is 18.7 Å². The number of urea groups is 1. The number of rotatable bonds is 5. The zero-order valence-electron chi connectivity index (χ0n) is 13.2. The Morgan fingerprint density at radius 2 is 1.95 bits per heavy atom. The highest BCUT2D eigenvalue weighted by atomic mass is 16.3. The molecule has 0 aromatic carbocycles. The molecule has 0 heterocycles. The summed E-state index contributed by atoms with van der Waals surface area (Å²) in [6.45, 7) is 6.46. The van der Waals surface area contributed by atoms with Crippen LogP contribution in [0.5, 0.6) is 0 Å². The molecule has 2 amide bonds. The number of carbonyl (C=O) groups is 1. The highest BCUT2D eigenvalue weighted by Crippen LogP contribution is 2.44. The van der Waals surface area contributed by atoms with Crippen LogP contribution in [0.25, 0.3) is 0 Å². The van der Waals surface area contributed by atoms with Crippen molar-refractivity contribution >= 4 is 6.03 Å². The number of aliphatic hydroxyl groups is 1. The average Bonchev–Trinajstić information content (AvgIpc) is 3.15. The molecule has 0 saturated heterocycles. The fourth-order valence-corrected chi connectivity index (χ4v) is 3.51. The van der Waals surface area contributed by atoms with Crippen molar-refractivity contribution in [1.82, 2.24) is 10.2 Å². The molecule has 0 bridgehead atoms. The summed E-state index contributed by atoms with van der Waals surface area (Å²) in [6, 6.07) is 0.361. The summed E-state index contributed by atoms with van der Waals surface area (Å²) in [5.41, 5.74) is -0.834. The van der Waals surface area contributed by atoms with Crippen molar-refractivity contribution in [3.05, 3.63) is 0 Å². The van der Waals surface area contributed by atoms with Gasteiger partial charge in [0.05, 0.1) is 12.1 Å². The lowest BCUT2D eigenvalue weighted by Crippen LogP contribution is -2.47. The molecule has 2 N–H and O–H groups in total. The minimum Gasteiger partial charge on any atom is -0.389 e. The number of amides is 2. The summed E-state index contributed by atoms with van der Waals surface area (Å²) in [5, 5.41) is 13.0. The van der Waals surface area contributed by atoms with Crippen molar-refractivity contribution in [1.29, 1.82) is 0 Å². The van der Waals surface area contributed by atoms with Gasteiger partial charge in [0, 0.05) is 12.6 Å². The predicted molar refractivity (Wildman–Crippen MR) is 80.5 cm³/mol. The van der Waals surface area contributed by atoms with Gasteiger partial charge in [0.2, 0.25) is 0 Å². The maximum atomic E-state index is 12.2. The molecule has 0 radical (unpaired) electrons. The highest BCUT2D eigenvalue weighted by Gasteiger charge is 2.44. The first-order valence-corrected chi connectivity index (χ1v) is 8.18. The zero-order chi connectivity index (χ0) is 14.8. The molecule has 2 aliphatic rings. The molecule has 2 aliphatic carbocycles. The molecule has 2 fully saturated rings. The van der Waals surface area contributed by atoms with Gasteiger partial charge < -0.3 is 15.3 Å². The second-order valence-corrected chi connectivity index (χ2v) is 7.18. The summed E-state index contributed by atoms with van der Waals surface area (Å²) in [7, 11) is 0. The number of nitrogens with zero attached hydrogens (tertiary/aromatic N) is 1. The lowest BCUT2D eigenvalue weighted by Gasteiger charge is -2.28. The first-order valence-electron chi connectivity index (χ1n) is 8.18. The second kappa shape index (κ2) is 6.33. The van der Waals surface area contributed by atoms with Crippen LogP contribution in [-0.4, -0.2) is 40.8 Å². The topological polar surface area (TPSA) is 52.6 Å². The van der Waals surface area contributed by atoms with Gasteiger partial charge in [-0.2, -0.15) is 0 Å². The first kappa shape index (κ1) is 15.6. The van der Waals surface area contributed by atoms with Crippen molar-refractivity contribution in [2.45, 2.75) is 70.9 Å². The molecule has 2 saturated carbocycles. The van der Waals surface area contributed by atoms with Gasteiger partial charge in [0.15, 0.2) is 0 Å². The quantitative estimate of drug-likeness (QED) is 0.814. The van der Waals surface area contributed by atoms with Crippen LogP contribution in [-0.2, 0) is 0 Å². The average molecular weight is 282 g/mol. The third-order valence-electron chi connectivity index (χ3n) is 4.65. The monoisotopic (exact) mass is 282 g/mol. The summed E-state index contributed by atoms with van der Waals surface area (Å²) in [4.78, 5) is 13.9. The molecule has 116 valence electrons. The summed E-state index contributed by atoms with van der Waals surface area (Å²) in [6.07, 6.45) is 7.95. The molecule has 0 aromatic rings. The van der Waals surface area contributed by atoms with E-state index in [2.05, 4.69) is 5.32 Å². The second-order valence-electron chi connectivity index (χ2n) is 7.18. The highest BCUT2D eigenvalue weighted by molar-refractivity contribution is 5.75.